The summed E-state index contributed by atoms with van der Waals surface area (Å²) in [6.45, 7) is 4.65. The van der Waals surface area contributed by atoms with Crippen molar-refractivity contribution in [3.05, 3.63) is 59.2 Å². The second-order valence-electron chi connectivity index (χ2n) is 5.16. The molecule has 0 aliphatic carbocycles. The first-order valence-electron chi connectivity index (χ1n) is 6.94. The van der Waals surface area contributed by atoms with Crippen molar-refractivity contribution in [3.8, 4) is 5.75 Å². The highest BCUT2D eigenvalue weighted by molar-refractivity contribution is 5.61. The van der Waals surface area contributed by atoms with E-state index in [1.54, 1.807) is 0 Å². The lowest BCUT2D eigenvalue weighted by atomic mass is 10.1. The third-order valence-corrected chi connectivity index (χ3v) is 3.79. The predicted molar refractivity (Wildman–Crippen MR) is 80.1 cm³/mol. The maximum absolute atomic E-state index is 9.30. The van der Waals surface area contributed by atoms with Crippen molar-refractivity contribution >= 4 is 5.69 Å². The fourth-order valence-electron chi connectivity index (χ4n) is 2.57. The Morgan fingerprint density at radius 1 is 1.20 bits per heavy atom. The third kappa shape index (κ3) is 2.49. The minimum atomic E-state index is 0.0610. The van der Waals surface area contributed by atoms with Crippen LogP contribution in [0.3, 0.4) is 0 Å². The molecule has 0 atom stereocenters. The van der Waals surface area contributed by atoms with Crippen molar-refractivity contribution in [1.29, 1.82) is 0 Å². The molecule has 0 bridgehead atoms. The summed E-state index contributed by atoms with van der Waals surface area (Å²) in [7, 11) is 0. The van der Waals surface area contributed by atoms with Crippen LogP contribution in [0.2, 0.25) is 0 Å². The van der Waals surface area contributed by atoms with Gasteiger partial charge >= 0.3 is 0 Å². The van der Waals surface area contributed by atoms with Crippen LogP contribution in [-0.2, 0) is 13.2 Å². The molecular weight excluding hydrogens is 250 g/mol. The Bertz CT molecular complexity index is 610. The molecule has 3 rings (SSSR count). The van der Waals surface area contributed by atoms with Crippen LogP contribution in [-0.4, -0.2) is 18.3 Å². The van der Waals surface area contributed by atoms with E-state index < -0.39 is 0 Å². The predicted octanol–water partition coefficient (Wildman–Crippen LogP) is 2.89. The fourth-order valence-corrected chi connectivity index (χ4v) is 2.57. The molecule has 1 aliphatic heterocycles. The molecule has 3 heteroatoms. The molecule has 0 saturated carbocycles. The minimum Gasteiger partial charge on any atom is -0.490 e. The summed E-state index contributed by atoms with van der Waals surface area (Å²) >= 11 is 0. The minimum absolute atomic E-state index is 0.0610. The molecule has 0 unspecified atom stereocenters. The number of nitrogens with zero attached hydrogens (tertiary/aromatic N) is 1. The Labute approximate surface area is 119 Å². The summed E-state index contributed by atoms with van der Waals surface area (Å²) in [4.78, 5) is 2.32. The summed E-state index contributed by atoms with van der Waals surface area (Å²) in [6.07, 6.45) is 0. The topological polar surface area (TPSA) is 32.7 Å². The van der Waals surface area contributed by atoms with Crippen molar-refractivity contribution in [2.45, 2.75) is 20.1 Å². The largest absolute Gasteiger partial charge is 0.490 e. The van der Waals surface area contributed by atoms with Gasteiger partial charge in [0, 0.05) is 6.54 Å². The Kier molecular flexibility index (Phi) is 3.61. The average Bonchev–Trinajstić information content (AvgIpc) is 2.49. The molecule has 0 saturated heterocycles. The zero-order valence-corrected chi connectivity index (χ0v) is 11.7. The van der Waals surface area contributed by atoms with E-state index in [0.717, 1.165) is 30.1 Å². The molecule has 2 aromatic rings. The number of anilines is 1. The Balaban J connectivity index is 1.91. The molecule has 0 fully saturated rings. The van der Waals surface area contributed by atoms with Crippen LogP contribution in [0.15, 0.2) is 42.5 Å². The summed E-state index contributed by atoms with van der Waals surface area (Å²) in [5.41, 5.74) is 4.63. The van der Waals surface area contributed by atoms with Gasteiger partial charge < -0.3 is 14.7 Å². The second-order valence-corrected chi connectivity index (χ2v) is 5.16. The molecule has 104 valence electrons. The van der Waals surface area contributed by atoms with Gasteiger partial charge in [0.25, 0.3) is 0 Å². The molecule has 0 spiro atoms. The highest BCUT2D eigenvalue weighted by Crippen LogP contribution is 2.33. The molecule has 1 aliphatic rings. The van der Waals surface area contributed by atoms with Gasteiger partial charge in [-0.25, -0.2) is 0 Å². The normalized spacial score (nSPS) is 13.8. The molecule has 0 aromatic heterocycles. The molecule has 0 radical (unpaired) electrons. The Morgan fingerprint density at radius 3 is 2.85 bits per heavy atom. The number of fused-ring (bicyclic) bond motifs is 1. The summed E-state index contributed by atoms with van der Waals surface area (Å²) in [5.74, 6) is 0.905. The zero-order valence-electron chi connectivity index (χ0n) is 11.7. The first kappa shape index (κ1) is 13.0. The number of aliphatic hydroxyl groups is 1. The number of aliphatic hydroxyl groups excluding tert-OH is 1. The van der Waals surface area contributed by atoms with Gasteiger partial charge in [-0.05, 0) is 35.7 Å². The summed E-state index contributed by atoms with van der Waals surface area (Å²) in [6, 6.07) is 14.3. The Hall–Kier alpha value is -2.00. The summed E-state index contributed by atoms with van der Waals surface area (Å²) in [5, 5.41) is 9.30. The fraction of sp³-hybridized carbons (Fsp3) is 0.294. The van der Waals surface area contributed by atoms with Crippen LogP contribution in [0.1, 0.15) is 16.7 Å². The van der Waals surface area contributed by atoms with E-state index in [1.807, 2.05) is 18.2 Å². The van der Waals surface area contributed by atoms with Crippen LogP contribution in [0.5, 0.6) is 5.75 Å². The van der Waals surface area contributed by atoms with Gasteiger partial charge in [-0.15, -0.1) is 0 Å². The maximum Gasteiger partial charge on any atom is 0.142 e. The van der Waals surface area contributed by atoms with Gasteiger partial charge in [-0.3, -0.25) is 0 Å². The highest BCUT2D eigenvalue weighted by atomic mass is 16.5. The van der Waals surface area contributed by atoms with Crippen molar-refractivity contribution in [3.63, 3.8) is 0 Å². The first-order chi connectivity index (χ1) is 9.78. The zero-order chi connectivity index (χ0) is 13.9. The lowest BCUT2D eigenvalue weighted by molar-refractivity contribution is 0.280. The number of benzene rings is 2. The molecule has 1 N–H and O–H groups in total. The van der Waals surface area contributed by atoms with E-state index in [9.17, 15) is 5.11 Å². The van der Waals surface area contributed by atoms with E-state index in [1.165, 1.54) is 11.1 Å². The molecule has 2 aromatic carbocycles. The van der Waals surface area contributed by atoms with E-state index in [-0.39, 0.29) is 6.61 Å². The first-order valence-corrected chi connectivity index (χ1v) is 6.94. The van der Waals surface area contributed by atoms with Gasteiger partial charge in [0.1, 0.15) is 12.4 Å². The van der Waals surface area contributed by atoms with Crippen molar-refractivity contribution in [2.24, 2.45) is 0 Å². The maximum atomic E-state index is 9.30. The average molecular weight is 269 g/mol. The highest BCUT2D eigenvalue weighted by Gasteiger charge is 2.19. The van der Waals surface area contributed by atoms with Crippen LogP contribution in [0.25, 0.3) is 0 Å². The number of aryl methyl sites for hydroxylation is 1. The van der Waals surface area contributed by atoms with Gasteiger partial charge in [0.05, 0.1) is 18.8 Å². The van der Waals surface area contributed by atoms with E-state index in [2.05, 4.69) is 36.1 Å². The lowest BCUT2D eigenvalue weighted by Gasteiger charge is -2.32. The quantitative estimate of drug-likeness (QED) is 0.930. The van der Waals surface area contributed by atoms with E-state index in [0.29, 0.717) is 6.61 Å². The second kappa shape index (κ2) is 5.55. The molecule has 1 heterocycles. The van der Waals surface area contributed by atoms with Gasteiger partial charge in [-0.2, -0.15) is 0 Å². The lowest BCUT2D eigenvalue weighted by Crippen LogP contribution is -2.32. The standard InChI is InChI=1S/C17H19NO2/c1-13-4-2-3-5-15(13)11-18-8-9-20-17-7-6-14(12-19)10-16(17)18/h2-7,10,19H,8-9,11-12H2,1H3. The molecule has 20 heavy (non-hydrogen) atoms. The van der Waals surface area contributed by atoms with Crippen molar-refractivity contribution in [2.75, 3.05) is 18.1 Å². The molecule has 0 amide bonds. The van der Waals surface area contributed by atoms with Gasteiger partial charge in [-0.1, -0.05) is 30.3 Å². The van der Waals surface area contributed by atoms with Crippen molar-refractivity contribution < 1.29 is 9.84 Å². The van der Waals surface area contributed by atoms with Crippen LogP contribution < -0.4 is 9.64 Å². The smallest absolute Gasteiger partial charge is 0.142 e. The van der Waals surface area contributed by atoms with Crippen LogP contribution in [0.4, 0.5) is 5.69 Å². The van der Waals surface area contributed by atoms with E-state index >= 15 is 0 Å². The monoisotopic (exact) mass is 269 g/mol. The number of hydrogen-bond donors (Lipinski definition) is 1. The number of ether oxygens (including phenoxy) is 1. The molecule has 3 nitrogen and oxygen atoms in total. The SMILES string of the molecule is Cc1ccccc1CN1CCOc2ccc(CO)cc21. The molecular formula is C17H19NO2. The Morgan fingerprint density at radius 2 is 2.05 bits per heavy atom. The third-order valence-electron chi connectivity index (χ3n) is 3.79. The van der Waals surface area contributed by atoms with Crippen LogP contribution in [0, 0.1) is 6.92 Å². The summed E-state index contributed by atoms with van der Waals surface area (Å²) < 4.78 is 5.70. The van der Waals surface area contributed by atoms with Crippen LogP contribution >= 0.6 is 0 Å². The van der Waals surface area contributed by atoms with Gasteiger partial charge in [0.2, 0.25) is 0 Å². The number of hydrogen-bond acceptors (Lipinski definition) is 3. The van der Waals surface area contributed by atoms with Crippen molar-refractivity contribution in [1.82, 2.24) is 0 Å². The van der Waals surface area contributed by atoms with Gasteiger partial charge in [0.15, 0.2) is 0 Å². The van der Waals surface area contributed by atoms with E-state index in [4.69, 9.17) is 4.74 Å². The number of rotatable bonds is 3.